The van der Waals surface area contributed by atoms with Crippen molar-refractivity contribution in [1.29, 1.82) is 0 Å². The minimum atomic E-state index is 0.0423. The van der Waals surface area contributed by atoms with Gasteiger partial charge in [0.1, 0.15) is 0 Å². The predicted molar refractivity (Wildman–Crippen MR) is 87.6 cm³/mol. The second-order valence-corrected chi connectivity index (χ2v) is 6.07. The third-order valence-electron chi connectivity index (χ3n) is 4.44. The zero-order valence-electron chi connectivity index (χ0n) is 13.4. The molecule has 3 heteroatoms. The third-order valence-corrected chi connectivity index (χ3v) is 4.44. The van der Waals surface area contributed by atoms with Gasteiger partial charge in [-0.25, -0.2) is 0 Å². The first kappa shape index (κ1) is 16.0. The second-order valence-electron chi connectivity index (χ2n) is 6.07. The standard InChI is InChI=1S/C18H28N2O/c1-3-17-7-4-5-13-20(17)14-6-12-19-18(21)16-10-8-15(2)9-11-16/h8-11,17H,3-7,12-14H2,1-2H3,(H,19,21)/t17-/m0/s1. The molecule has 0 aliphatic carbocycles. The van der Waals surface area contributed by atoms with Crippen LogP contribution in [0.2, 0.25) is 0 Å². The van der Waals surface area contributed by atoms with Gasteiger partial charge in [0.05, 0.1) is 0 Å². The summed E-state index contributed by atoms with van der Waals surface area (Å²) in [7, 11) is 0. The molecular weight excluding hydrogens is 260 g/mol. The van der Waals surface area contributed by atoms with E-state index in [1.54, 1.807) is 0 Å². The third kappa shape index (κ3) is 4.85. The van der Waals surface area contributed by atoms with E-state index in [2.05, 4.69) is 17.1 Å². The van der Waals surface area contributed by atoms with Crippen LogP contribution in [0.25, 0.3) is 0 Å². The highest BCUT2D eigenvalue weighted by atomic mass is 16.1. The van der Waals surface area contributed by atoms with Gasteiger partial charge in [0.2, 0.25) is 0 Å². The van der Waals surface area contributed by atoms with Gasteiger partial charge in [-0.15, -0.1) is 0 Å². The van der Waals surface area contributed by atoms with Crippen LogP contribution < -0.4 is 5.32 Å². The molecule has 1 saturated heterocycles. The summed E-state index contributed by atoms with van der Waals surface area (Å²) in [6.45, 7) is 7.41. The highest BCUT2D eigenvalue weighted by molar-refractivity contribution is 5.94. The molecule has 1 N–H and O–H groups in total. The van der Waals surface area contributed by atoms with Crippen LogP contribution >= 0.6 is 0 Å². The fourth-order valence-electron chi connectivity index (χ4n) is 3.11. The van der Waals surface area contributed by atoms with E-state index in [1.807, 2.05) is 31.2 Å². The van der Waals surface area contributed by atoms with E-state index >= 15 is 0 Å². The summed E-state index contributed by atoms with van der Waals surface area (Å²) in [5.74, 6) is 0.0423. The molecule has 0 saturated carbocycles. The summed E-state index contributed by atoms with van der Waals surface area (Å²) < 4.78 is 0. The van der Waals surface area contributed by atoms with Gasteiger partial charge in [-0.3, -0.25) is 4.79 Å². The van der Waals surface area contributed by atoms with E-state index in [1.165, 1.54) is 37.8 Å². The molecule has 1 aliphatic rings. The Morgan fingerprint density at radius 3 is 2.76 bits per heavy atom. The molecule has 0 radical (unpaired) electrons. The number of piperidine rings is 1. The lowest BCUT2D eigenvalue weighted by Gasteiger charge is -2.35. The highest BCUT2D eigenvalue weighted by Crippen LogP contribution is 2.19. The molecular formula is C18H28N2O. The highest BCUT2D eigenvalue weighted by Gasteiger charge is 2.19. The summed E-state index contributed by atoms with van der Waals surface area (Å²) in [5.41, 5.74) is 1.94. The van der Waals surface area contributed by atoms with E-state index in [9.17, 15) is 4.79 Å². The van der Waals surface area contributed by atoms with E-state index < -0.39 is 0 Å². The Hall–Kier alpha value is -1.35. The van der Waals surface area contributed by atoms with Gasteiger partial charge in [-0.1, -0.05) is 31.0 Å². The molecule has 3 nitrogen and oxygen atoms in total. The van der Waals surface area contributed by atoms with Gasteiger partial charge in [0.15, 0.2) is 0 Å². The van der Waals surface area contributed by atoms with Crippen LogP contribution in [0.5, 0.6) is 0 Å². The molecule has 0 bridgehead atoms. The Kier molecular flexibility index (Phi) is 6.24. The van der Waals surface area contributed by atoms with Crippen LogP contribution in [-0.2, 0) is 0 Å². The molecule has 1 aliphatic heterocycles. The number of hydrogen-bond donors (Lipinski definition) is 1. The van der Waals surface area contributed by atoms with Crippen LogP contribution in [-0.4, -0.2) is 36.5 Å². The molecule has 1 heterocycles. The second kappa shape index (κ2) is 8.18. The summed E-state index contributed by atoms with van der Waals surface area (Å²) in [6.07, 6.45) is 6.32. The maximum atomic E-state index is 12.0. The maximum Gasteiger partial charge on any atom is 0.251 e. The summed E-state index contributed by atoms with van der Waals surface area (Å²) in [4.78, 5) is 14.6. The van der Waals surface area contributed by atoms with Crippen LogP contribution in [0.1, 0.15) is 54.9 Å². The predicted octanol–water partition coefficient (Wildman–Crippen LogP) is 3.38. The van der Waals surface area contributed by atoms with Crippen molar-refractivity contribution in [3.05, 3.63) is 35.4 Å². The minimum absolute atomic E-state index is 0.0423. The first-order valence-corrected chi connectivity index (χ1v) is 8.29. The van der Waals surface area contributed by atoms with Crippen molar-refractivity contribution in [1.82, 2.24) is 10.2 Å². The molecule has 0 aromatic heterocycles. The van der Waals surface area contributed by atoms with Crippen molar-refractivity contribution in [2.45, 2.75) is 52.0 Å². The number of likely N-dealkylation sites (tertiary alicyclic amines) is 1. The van der Waals surface area contributed by atoms with Gasteiger partial charge in [-0.05, 0) is 51.3 Å². The molecule has 1 aromatic rings. The van der Waals surface area contributed by atoms with Gasteiger partial charge < -0.3 is 10.2 Å². The molecule has 1 amide bonds. The zero-order valence-corrected chi connectivity index (χ0v) is 13.4. The maximum absolute atomic E-state index is 12.0. The molecule has 1 atom stereocenters. The quantitative estimate of drug-likeness (QED) is 0.814. The van der Waals surface area contributed by atoms with Crippen molar-refractivity contribution >= 4 is 5.91 Å². The average molecular weight is 288 g/mol. The average Bonchev–Trinajstić information content (AvgIpc) is 2.52. The Bertz CT molecular complexity index is 441. The molecule has 0 unspecified atom stereocenters. The van der Waals surface area contributed by atoms with E-state index in [0.29, 0.717) is 0 Å². The van der Waals surface area contributed by atoms with Crippen molar-refractivity contribution < 1.29 is 4.79 Å². The number of rotatable bonds is 6. The number of amides is 1. The molecule has 116 valence electrons. The van der Waals surface area contributed by atoms with Gasteiger partial charge in [-0.2, -0.15) is 0 Å². The molecule has 21 heavy (non-hydrogen) atoms. The summed E-state index contributed by atoms with van der Waals surface area (Å²) in [6, 6.07) is 8.50. The number of aryl methyl sites for hydroxylation is 1. The number of nitrogens with zero attached hydrogens (tertiary/aromatic N) is 1. The molecule has 1 aromatic carbocycles. The van der Waals surface area contributed by atoms with Crippen molar-refractivity contribution in [2.75, 3.05) is 19.6 Å². The van der Waals surface area contributed by atoms with Crippen molar-refractivity contribution in [3.63, 3.8) is 0 Å². The number of nitrogens with one attached hydrogen (secondary N) is 1. The number of hydrogen-bond acceptors (Lipinski definition) is 2. The van der Waals surface area contributed by atoms with Crippen molar-refractivity contribution in [3.8, 4) is 0 Å². The lowest BCUT2D eigenvalue weighted by atomic mass is 10.00. The van der Waals surface area contributed by atoms with Crippen molar-refractivity contribution in [2.24, 2.45) is 0 Å². The number of carbonyl (C=O) groups is 1. The molecule has 0 spiro atoms. The Morgan fingerprint density at radius 1 is 1.29 bits per heavy atom. The molecule has 1 fully saturated rings. The first-order valence-electron chi connectivity index (χ1n) is 8.29. The summed E-state index contributed by atoms with van der Waals surface area (Å²) >= 11 is 0. The first-order chi connectivity index (χ1) is 10.2. The van der Waals surface area contributed by atoms with E-state index in [4.69, 9.17) is 0 Å². The van der Waals surface area contributed by atoms with E-state index in [0.717, 1.165) is 31.1 Å². The Labute approximate surface area is 128 Å². The Balaban J connectivity index is 1.69. The SMILES string of the molecule is CC[C@H]1CCCCN1CCCNC(=O)c1ccc(C)cc1. The lowest BCUT2D eigenvalue weighted by Crippen LogP contribution is -2.40. The fourth-order valence-corrected chi connectivity index (χ4v) is 3.11. The van der Waals surface area contributed by atoms with Crippen LogP contribution in [0.3, 0.4) is 0 Å². The zero-order chi connectivity index (χ0) is 15.1. The lowest BCUT2D eigenvalue weighted by molar-refractivity contribution is 0.0947. The smallest absolute Gasteiger partial charge is 0.251 e. The van der Waals surface area contributed by atoms with E-state index in [-0.39, 0.29) is 5.91 Å². The van der Waals surface area contributed by atoms with Crippen LogP contribution in [0.4, 0.5) is 0 Å². The monoisotopic (exact) mass is 288 g/mol. The topological polar surface area (TPSA) is 32.3 Å². The normalized spacial score (nSPS) is 19.4. The van der Waals surface area contributed by atoms with Crippen LogP contribution in [0.15, 0.2) is 24.3 Å². The van der Waals surface area contributed by atoms with Gasteiger partial charge in [0, 0.05) is 24.7 Å². The largest absolute Gasteiger partial charge is 0.352 e. The van der Waals surface area contributed by atoms with Crippen LogP contribution in [0, 0.1) is 6.92 Å². The number of carbonyl (C=O) groups excluding carboxylic acids is 1. The van der Waals surface area contributed by atoms with Gasteiger partial charge >= 0.3 is 0 Å². The number of benzene rings is 1. The fraction of sp³-hybridized carbons (Fsp3) is 0.611. The van der Waals surface area contributed by atoms with Gasteiger partial charge in [0.25, 0.3) is 5.91 Å². The minimum Gasteiger partial charge on any atom is -0.352 e. The molecule has 2 rings (SSSR count). The Morgan fingerprint density at radius 2 is 2.05 bits per heavy atom. The summed E-state index contributed by atoms with van der Waals surface area (Å²) in [5, 5.41) is 3.03.